The van der Waals surface area contributed by atoms with Gasteiger partial charge in [0.25, 0.3) is 5.56 Å². The first-order valence-corrected chi connectivity index (χ1v) is 7.47. The first-order valence-electron chi connectivity index (χ1n) is 7.47. The number of nitrogens with zero attached hydrogens (tertiary/aromatic N) is 3. The topological polar surface area (TPSA) is 83.8 Å². The lowest BCUT2D eigenvalue weighted by Gasteiger charge is -2.03. The molecule has 0 spiro atoms. The molecule has 6 nitrogen and oxygen atoms in total. The summed E-state index contributed by atoms with van der Waals surface area (Å²) < 4.78 is 1.71. The molecule has 0 fully saturated rings. The van der Waals surface area contributed by atoms with Gasteiger partial charge in [0.05, 0.1) is 23.8 Å². The summed E-state index contributed by atoms with van der Waals surface area (Å²) >= 11 is 0. The molecular weight excluding hydrogens is 304 g/mol. The van der Waals surface area contributed by atoms with Gasteiger partial charge in [0.2, 0.25) is 5.75 Å². The van der Waals surface area contributed by atoms with Crippen molar-refractivity contribution in [3.8, 4) is 17.6 Å². The van der Waals surface area contributed by atoms with Crippen molar-refractivity contribution >= 4 is 0 Å². The average Bonchev–Trinajstić information content (AvgIpc) is 3.01. The van der Waals surface area contributed by atoms with Crippen LogP contribution in [-0.4, -0.2) is 24.9 Å². The summed E-state index contributed by atoms with van der Waals surface area (Å²) in [4.78, 5) is 17.7. The highest BCUT2D eigenvalue weighted by Crippen LogP contribution is 2.11. The second-order valence-electron chi connectivity index (χ2n) is 5.38. The van der Waals surface area contributed by atoms with Crippen molar-refractivity contribution in [3.63, 3.8) is 0 Å². The average molecular weight is 320 g/mol. The van der Waals surface area contributed by atoms with Crippen molar-refractivity contribution in [2.75, 3.05) is 0 Å². The lowest BCUT2D eigenvalue weighted by molar-refractivity contribution is 0.454. The number of aromatic nitrogens is 4. The molecule has 0 aliphatic rings. The van der Waals surface area contributed by atoms with E-state index in [2.05, 4.69) is 26.9 Å². The van der Waals surface area contributed by atoms with Crippen molar-refractivity contribution in [1.82, 2.24) is 19.7 Å². The Kier molecular flexibility index (Phi) is 4.43. The fourth-order valence-electron chi connectivity index (χ4n) is 2.26. The number of hydrogen-bond donors (Lipinski definition) is 2. The lowest BCUT2D eigenvalue weighted by atomic mass is 10.1. The molecule has 120 valence electrons. The van der Waals surface area contributed by atoms with Gasteiger partial charge in [-0.15, -0.1) is 0 Å². The first kappa shape index (κ1) is 15.6. The SMILES string of the molecule is Cn1cc(C#Cc2ccc(CCc3nc[nH]c(=O)c3O)cc2)cn1. The first-order chi connectivity index (χ1) is 11.6. The summed E-state index contributed by atoms with van der Waals surface area (Å²) in [5, 5.41) is 13.7. The molecule has 0 bridgehead atoms. The minimum absolute atomic E-state index is 0.309. The van der Waals surface area contributed by atoms with E-state index in [4.69, 9.17) is 0 Å². The molecular formula is C18H16N4O2. The maximum Gasteiger partial charge on any atom is 0.293 e. The van der Waals surface area contributed by atoms with Crippen molar-refractivity contribution in [2.24, 2.45) is 7.05 Å². The Labute approximate surface area is 138 Å². The number of benzene rings is 1. The molecule has 2 aromatic heterocycles. The highest BCUT2D eigenvalue weighted by molar-refractivity contribution is 5.42. The zero-order valence-corrected chi connectivity index (χ0v) is 13.2. The molecule has 1 aromatic carbocycles. The summed E-state index contributed by atoms with van der Waals surface area (Å²) in [5.74, 6) is 5.84. The number of rotatable bonds is 3. The number of hydrogen-bond acceptors (Lipinski definition) is 4. The molecule has 0 aliphatic carbocycles. The van der Waals surface area contributed by atoms with E-state index < -0.39 is 5.56 Å². The highest BCUT2D eigenvalue weighted by atomic mass is 16.3. The van der Waals surface area contributed by atoms with Gasteiger partial charge in [0, 0.05) is 18.8 Å². The summed E-state index contributed by atoms with van der Waals surface area (Å²) in [6.45, 7) is 0. The van der Waals surface area contributed by atoms with Gasteiger partial charge in [-0.05, 0) is 30.5 Å². The maximum atomic E-state index is 11.3. The van der Waals surface area contributed by atoms with E-state index >= 15 is 0 Å². The fourth-order valence-corrected chi connectivity index (χ4v) is 2.26. The molecule has 0 unspecified atom stereocenters. The van der Waals surface area contributed by atoms with Crippen LogP contribution in [0.3, 0.4) is 0 Å². The summed E-state index contributed by atoms with van der Waals surface area (Å²) in [6, 6.07) is 7.86. The molecule has 0 atom stereocenters. The largest absolute Gasteiger partial charge is 0.502 e. The number of nitrogens with one attached hydrogen (secondary N) is 1. The van der Waals surface area contributed by atoms with E-state index in [0.29, 0.717) is 18.5 Å². The van der Waals surface area contributed by atoms with E-state index in [1.165, 1.54) is 6.33 Å². The Bertz CT molecular complexity index is 959. The van der Waals surface area contributed by atoms with Gasteiger partial charge in [-0.1, -0.05) is 24.0 Å². The predicted molar refractivity (Wildman–Crippen MR) is 89.6 cm³/mol. The van der Waals surface area contributed by atoms with Gasteiger partial charge >= 0.3 is 0 Å². The molecule has 3 rings (SSSR count). The molecule has 0 aliphatic heterocycles. The van der Waals surface area contributed by atoms with Gasteiger partial charge in [-0.25, -0.2) is 4.98 Å². The van der Waals surface area contributed by atoms with Crippen LogP contribution in [0, 0.1) is 11.8 Å². The third kappa shape index (κ3) is 3.70. The van der Waals surface area contributed by atoms with Crippen molar-refractivity contribution in [2.45, 2.75) is 12.8 Å². The smallest absolute Gasteiger partial charge is 0.293 e. The molecule has 2 heterocycles. The van der Waals surface area contributed by atoms with Gasteiger partial charge in [-0.2, -0.15) is 5.10 Å². The summed E-state index contributed by atoms with van der Waals surface area (Å²) in [7, 11) is 1.85. The molecule has 24 heavy (non-hydrogen) atoms. The predicted octanol–water partition coefficient (Wildman–Crippen LogP) is 1.39. The lowest BCUT2D eigenvalue weighted by Crippen LogP contribution is -2.09. The van der Waals surface area contributed by atoms with Crippen LogP contribution in [0.15, 0.2) is 47.8 Å². The summed E-state index contributed by atoms with van der Waals surface area (Å²) in [5.41, 5.74) is 2.76. The van der Waals surface area contributed by atoms with Crippen LogP contribution in [0.25, 0.3) is 0 Å². The number of aromatic amines is 1. The Morgan fingerprint density at radius 2 is 1.92 bits per heavy atom. The standard InChI is InChI=1S/C18H16N4O2/c1-22-11-15(10-21-22)7-6-13-2-4-14(5-3-13)8-9-16-17(23)18(24)20-12-19-16/h2-5,10-12,23H,8-9H2,1H3,(H,19,20,24). The fraction of sp³-hybridized carbons (Fsp3) is 0.167. The Balaban J connectivity index is 1.65. The molecule has 0 amide bonds. The van der Waals surface area contributed by atoms with Gasteiger partial charge < -0.3 is 10.1 Å². The van der Waals surface area contributed by atoms with Crippen LogP contribution in [0.2, 0.25) is 0 Å². The maximum absolute atomic E-state index is 11.3. The van der Waals surface area contributed by atoms with Crippen LogP contribution < -0.4 is 5.56 Å². The van der Waals surface area contributed by atoms with Crippen LogP contribution in [0.1, 0.15) is 22.4 Å². The second-order valence-corrected chi connectivity index (χ2v) is 5.38. The van der Waals surface area contributed by atoms with E-state index in [9.17, 15) is 9.90 Å². The zero-order chi connectivity index (χ0) is 16.9. The molecule has 2 N–H and O–H groups in total. The van der Waals surface area contributed by atoms with Crippen molar-refractivity contribution in [3.05, 3.63) is 75.7 Å². The van der Waals surface area contributed by atoms with Crippen LogP contribution in [0.5, 0.6) is 5.75 Å². The van der Waals surface area contributed by atoms with E-state index in [1.54, 1.807) is 10.9 Å². The second kappa shape index (κ2) is 6.84. The number of aryl methyl sites for hydroxylation is 3. The molecule has 0 radical (unpaired) electrons. The van der Waals surface area contributed by atoms with Crippen LogP contribution in [-0.2, 0) is 19.9 Å². The molecule has 3 aromatic rings. The minimum Gasteiger partial charge on any atom is -0.502 e. The Morgan fingerprint density at radius 1 is 1.17 bits per heavy atom. The Morgan fingerprint density at radius 3 is 2.62 bits per heavy atom. The molecule has 0 saturated carbocycles. The van der Waals surface area contributed by atoms with Gasteiger partial charge in [-0.3, -0.25) is 9.48 Å². The van der Waals surface area contributed by atoms with E-state index in [1.807, 2.05) is 37.5 Å². The minimum atomic E-state index is -0.513. The monoisotopic (exact) mass is 320 g/mol. The van der Waals surface area contributed by atoms with Gasteiger partial charge in [0.15, 0.2) is 0 Å². The normalized spacial score (nSPS) is 10.2. The number of H-pyrrole nitrogens is 1. The van der Waals surface area contributed by atoms with E-state index in [-0.39, 0.29) is 5.75 Å². The van der Waals surface area contributed by atoms with E-state index in [0.717, 1.165) is 16.7 Å². The Hall–Kier alpha value is -3.33. The van der Waals surface area contributed by atoms with Crippen molar-refractivity contribution in [1.29, 1.82) is 0 Å². The quantitative estimate of drug-likeness (QED) is 0.714. The highest BCUT2D eigenvalue weighted by Gasteiger charge is 2.06. The van der Waals surface area contributed by atoms with Crippen LogP contribution in [0.4, 0.5) is 0 Å². The zero-order valence-electron chi connectivity index (χ0n) is 13.2. The van der Waals surface area contributed by atoms with Gasteiger partial charge in [0.1, 0.15) is 0 Å². The third-order valence-corrected chi connectivity index (χ3v) is 3.56. The summed E-state index contributed by atoms with van der Waals surface area (Å²) in [6.07, 6.45) is 6.07. The van der Waals surface area contributed by atoms with Crippen LogP contribution >= 0.6 is 0 Å². The third-order valence-electron chi connectivity index (χ3n) is 3.56. The molecule has 6 heteroatoms. The number of aromatic hydroxyl groups is 1. The molecule has 0 saturated heterocycles. The van der Waals surface area contributed by atoms with Crippen molar-refractivity contribution < 1.29 is 5.11 Å².